The molecule has 0 aromatic rings. The van der Waals surface area contributed by atoms with E-state index >= 15 is 0 Å². The zero-order valence-electron chi connectivity index (χ0n) is 10.3. The van der Waals surface area contributed by atoms with Crippen LogP contribution >= 0.6 is 0 Å². The second-order valence-corrected chi connectivity index (χ2v) is 3.95. The van der Waals surface area contributed by atoms with E-state index in [0.717, 1.165) is 0 Å². The van der Waals surface area contributed by atoms with Crippen molar-refractivity contribution in [3.63, 3.8) is 0 Å². The number of carbonyl (C=O) groups is 3. The maximum Gasteiger partial charge on any atom is 0.325 e. The van der Waals surface area contributed by atoms with Gasteiger partial charge in [-0.1, -0.05) is 13.8 Å². The van der Waals surface area contributed by atoms with Gasteiger partial charge >= 0.3 is 5.97 Å². The van der Waals surface area contributed by atoms with Gasteiger partial charge in [-0.15, -0.1) is 0 Å². The van der Waals surface area contributed by atoms with Crippen LogP contribution in [0.25, 0.3) is 0 Å². The lowest BCUT2D eigenvalue weighted by Gasteiger charge is -2.15. The quantitative estimate of drug-likeness (QED) is 0.626. The molecule has 0 aliphatic rings. The summed E-state index contributed by atoms with van der Waals surface area (Å²) in [5.74, 6) is -0.691. The van der Waals surface area contributed by atoms with Crippen LogP contribution in [0.5, 0.6) is 0 Å². The molecule has 0 aromatic carbocycles. The molecule has 0 aromatic heterocycles. The van der Waals surface area contributed by atoms with Crippen molar-refractivity contribution in [2.24, 2.45) is 5.92 Å². The summed E-state index contributed by atoms with van der Waals surface area (Å²) in [7, 11) is 2.78. The van der Waals surface area contributed by atoms with Crippen molar-refractivity contribution in [3.8, 4) is 0 Å². The van der Waals surface area contributed by atoms with E-state index < -0.39 is 5.97 Å². The van der Waals surface area contributed by atoms with Crippen molar-refractivity contribution in [2.75, 3.05) is 20.7 Å². The predicted molar refractivity (Wildman–Crippen MR) is 58.7 cm³/mol. The number of nitrogens with zero attached hydrogens (tertiary/aromatic N) is 1. The zero-order chi connectivity index (χ0) is 12.7. The molecule has 0 N–H and O–H groups in total. The zero-order valence-corrected chi connectivity index (χ0v) is 10.3. The van der Waals surface area contributed by atoms with Gasteiger partial charge in [0.25, 0.3) is 0 Å². The molecule has 0 saturated carbocycles. The molecule has 0 spiro atoms. The number of methoxy groups -OCH3 is 1. The van der Waals surface area contributed by atoms with Gasteiger partial charge in [-0.25, -0.2) is 0 Å². The topological polar surface area (TPSA) is 63.7 Å². The fraction of sp³-hybridized carbons (Fsp3) is 0.727. The first-order valence-corrected chi connectivity index (χ1v) is 5.22. The van der Waals surface area contributed by atoms with Crippen LogP contribution in [0.4, 0.5) is 0 Å². The Labute approximate surface area is 95.7 Å². The number of carbonyl (C=O) groups excluding carboxylic acids is 3. The van der Waals surface area contributed by atoms with Crippen LogP contribution in [-0.2, 0) is 19.1 Å². The molecule has 92 valence electrons. The minimum absolute atomic E-state index is 0.0554. The molecule has 0 heterocycles. The smallest absolute Gasteiger partial charge is 0.325 e. The second-order valence-electron chi connectivity index (χ2n) is 3.95. The highest BCUT2D eigenvalue weighted by molar-refractivity contribution is 5.87. The van der Waals surface area contributed by atoms with E-state index in [0.29, 0.717) is 0 Å². The fourth-order valence-electron chi connectivity index (χ4n) is 1.06. The van der Waals surface area contributed by atoms with Gasteiger partial charge in [0.2, 0.25) is 5.91 Å². The highest BCUT2D eigenvalue weighted by Crippen LogP contribution is 2.03. The van der Waals surface area contributed by atoms with Crippen LogP contribution in [0.3, 0.4) is 0 Å². The number of hydrogen-bond donors (Lipinski definition) is 0. The van der Waals surface area contributed by atoms with E-state index in [2.05, 4.69) is 4.74 Å². The molecule has 1 amide bonds. The van der Waals surface area contributed by atoms with Crippen LogP contribution in [0, 0.1) is 5.92 Å². The normalized spacial score (nSPS) is 10.1. The molecule has 5 heteroatoms. The van der Waals surface area contributed by atoms with Crippen LogP contribution in [-0.4, -0.2) is 43.3 Å². The Hall–Kier alpha value is -1.39. The summed E-state index contributed by atoms with van der Waals surface area (Å²) in [4.78, 5) is 34.9. The van der Waals surface area contributed by atoms with Crippen LogP contribution in [0.2, 0.25) is 0 Å². The average molecular weight is 229 g/mol. The molecule has 0 saturated heterocycles. The van der Waals surface area contributed by atoms with E-state index in [-0.39, 0.29) is 37.0 Å². The molecule has 16 heavy (non-hydrogen) atoms. The summed E-state index contributed by atoms with van der Waals surface area (Å²) in [6, 6.07) is 0. The van der Waals surface area contributed by atoms with Gasteiger partial charge < -0.3 is 9.64 Å². The predicted octanol–water partition coefficient (Wildman–Crippen LogP) is 0.623. The molecule has 0 radical (unpaired) electrons. The molecule has 0 bridgehead atoms. The minimum atomic E-state index is -0.467. The maximum absolute atomic E-state index is 11.5. The lowest BCUT2D eigenvalue weighted by molar-refractivity contribution is -0.146. The summed E-state index contributed by atoms with van der Waals surface area (Å²) >= 11 is 0. The largest absolute Gasteiger partial charge is 0.468 e. The van der Waals surface area contributed by atoms with Gasteiger partial charge in [0.1, 0.15) is 12.3 Å². The van der Waals surface area contributed by atoms with Crippen LogP contribution < -0.4 is 0 Å². The first kappa shape index (κ1) is 14.6. The number of esters is 1. The monoisotopic (exact) mass is 229 g/mol. The molecule has 0 aliphatic heterocycles. The van der Waals surface area contributed by atoms with Crippen molar-refractivity contribution in [1.29, 1.82) is 0 Å². The van der Waals surface area contributed by atoms with Crippen molar-refractivity contribution in [1.82, 2.24) is 4.90 Å². The Bertz CT molecular complexity index is 273. The number of rotatable bonds is 6. The van der Waals surface area contributed by atoms with Gasteiger partial charge in [0, 0.05) is 25.8 Å². The number of ether oxygens (including phenoxy) is 1. The van der Waals surface area contributed by atoms with Crippen molar-refractivity contribution in [3.05, 3.63) is 0 Å². The second kappa shape index (κ2) is 6.98. The molecule has 0 rings (SSSR count). The third kappa shape index (κ3) is 5.48. The first-order chi connectivity index (χ1) is 7.38. The van der Waals surface area contributed by atoms with Crippen molar-refractivity contribution >= 4 is 17.7 Å². The Morgan fingerprint density at radius 1 is 1.19 bits per heavy atom. The summed E-state index contributed by atoms with van der Waals surface area (Å²) < 4.78 is 4.44. The van der Waals surface area contributed by atoms with Gasteiger partial charge in [0.05, 0.1) is 7.11 Å². The molecular weight excluding hydrogens is 210 g/mol. The van der Waals surface area contributed by atoms with Crippen molar-refractivity contribution < 1.29 is 19.1 Å². The lowest BCUT2D eigenvalue weighted by atomic mass is 10.0. The SMILES string of the molecule is COC(=O)CN(C)C(=O)CCC(=O)C(C)C. The highest BCUT2D eigenvalue weighted by Gasteiger charge is 2.15. The van der Waals surface area contributed by atoms with Crippen molar-refractivity contribution in [2.45, 2.75) is 26.7 Å². The lowest BCUT2D eigenvalue weighted by Crippen LogP contribution is -2.32. The number of Topliss-reactive ketones (excluding diaryl/α,β-unsaturated/α-hetero) is 1. The van der Waals surface area contributed by atoms with Gasteiger partial charge in [-0.2, -0.15) is 0 Å². The van der Waals surface area contributed by atoms with E-state index in [9.17, 15) is 14.4 Å². The maximum atomic E-state index is 11.5. The Kier molecular flexibility index (Phi) is 6.37. The number of likely N-dealkylation sites (N-methyl/N-ethyl adjacent to an activating group) is 1. The molecule has 0 atom stereocenters. The molecule has 0 fully saturated rings. The highest BCUT2D eigenvalue weighted by atomic mass is 16.5. The van der Waals surface area contributed by atoms with Crippen LogP contribution in [0.1, 0.15) is 26.7 Å². The third-order valence-electron chi connectivity index (χ3n) is 2.25. The van der Waals surface area contributed by atoms with Gasteiger partial charge in [0.15, 0.2) is 0 Å². The van der Waals surface area contributed by atoms with E-state index in [1.807, 2.05) is 0 Å². The van der Waals surface area contributed by atoms with Crippen LogP contribution in [0.15, 0.2) is 0 Å². The third-order valence-corrected chi connectivity index (χ3v) is 2.25. The Morgan fingerprint density at radius 2 is 1.75 bits per heavy atom. The number of hydrogen-bond acceptors (Lipinski definition) is 4. The van der Waals surface area contributed by atoms with Gasteiger partial charge in [-0.05, 0) is 0 Å². The summed E-state index contributed by atoms with van der Waals surface area (Å²) in [5.41, 5.74) is 0. The number of amides is 1. The first-order valence-electron chi connectivity index (χ1n) is 5.22. The van der Waals surface area contributed by atoms with E-state index in [4.69, 9.17) is 0 Å². The summed E-state index contributed by atoms with van der Waals surface area (Å²) in [5, 5.41) is 0. The number of ketones is 1. The minimum Gasteiger partial charge on any atom is -0.468 e. The van der Waals surface area contributed by atoms with E-state index in [1.165, 1.54) is 19.1 Å². The molecule has 0 unspecified atom stereocenters. The van der Waals surface area contributed by atoms with E-state index in [1.54, 1.807) is 13.8 Å². The average Bonchev–Trinajstić information content (AvgIpc) is 2.24. The standard InChI is InChI=1S/C11H19NO4/c1-8(2)9(13)5-6-10(14)12(3)7-11(15)16-4/h8H,5-7H2,1-4H3. The summed E-state index contributed by atoms with van der Waals surface area (Å²) in [6.07, 6.45) is 0.368. The summed E-state index contributed by atoms with van der Waals surface area (Å²) in [6.45, 7) is 3.52. The Morgan fingerprint density at radius 3 is 2.19 bits per heavy atom. The molecule has 0 aliphatic carbocycles. The Balaban J connectivity index is 3.97. The van der Waals surface area contributed by atoms with Gasteiger partial charge in [-0.3, -0.25) is 14.4 Å². The molecular formula is C11H19NO4. The molecule has 5 nitrogen and oxygen atoms in total. The fourth-order valence-corrected chi connectivity index (χ4v) is 1.06.